The third-order valence-corrected chi connectivity index (χ3v) is 4.43. The summed E-state index contributed by atoms with van der Waals surface area (Å²) in [5.74, 6) is 0.199. The van der Waals surface area contributed by atoms with Crippen LogP contribution in [0.2, 0.25) is 0 Å². The lowest BCUT2D eigenvalue weighted by Crippen LogP contribution is -2.49. The van der Waals surface area contributed by atoms with E-state index in [1.54, 1.807) is 0 Å². The summed E-state index contributed by atoms with van der Waals surface area (Å²) in [5, 5.41) is 3.07. The average molecular weight is 287 g/mol. The van der Waals surface area contributed by atoms with Crippen LogP contribution >= 0.6 is 0 Å². The van der Waals surface area contributed by atoms with Gasteiger partial charge in [-0.05, 0) is 30.9 Å². The fraction of sp³-hybridized carbons (Fsp3) is 0.588. The van der Waals surface area contributed by atoms with E-state index >= 15 is 0 Å². The van der Waals surface area contributed by atoms with Crippen LogP contribution in [0.1, 0.15) is 24.0 Å². The molecule has 2 aliphatic rings. The Bertz CT molecular complexity index is 491. The number of rotatable bonds is 5. The van der Waals surface area contributed by atoms with Crippen LogP contribution in [0.25, 0.3) is 0 Å². The molecule has 0 spiro atoms. The van der Waals surface area contributed by atoms with Crippen LogP contribution in [0.4, 0.5) is 0 Å². The van der Waals surface area contributed by atoms with Crippen LogP contribution in [-0.2, 0) is 11.3 Å². The van der Waals surface area contributed by atoms with Crippen molar-refractivity contribution < 1.29 is 4.79 Å². The highest BCUT2D eigenvalue weighted by Gasteiger charge is 2.25. The van der Waals surface area contributed by atoms with Crippen molar-refractivity contribution in [2.45, 2.75) is 32.4 Å². The van der Waals surface area contributed by atoms with Crippen molar-refractivity contribution in [2.24, 2.45) is 0 Å². The molecule has 4 nitrogen and oxygen atoms in total. The van der Waals surface area contributed by atoms with E-state index in [1.807, 2.05) is 0 Å². The standard InChI is InChI=1S/C17H25N3O/c1-14-4-2-3-5-15(14)12-19-8-10-20(11-9-19)13-17(21)18-16-6-7-16/h2-5,16H,6-13H2,1H3,(H,18,21). The van der Waals surface area contributed by atoms with Crippen LogP contribution < -0.4 is 5.32 Å². The maximum Gasteiger partial charge on any atom is 0.234 e. The van der Waals surface area contributed by atoms with Gasteiger partial charge in [-0.1, -0.05) is 24.3 Å². The van der Waals surface area contributed by atoms with E-state index in [9.17, 15) is 4.79 Å². The highest BCUT2D eigenvalue weighted by molar-refractivity contribution is 5.78. The van der Waals surface area contributed by atoms with Crippen LogP contribution in [0, 0.1) is 6.92 Å². The van der Waals surface area contributed by atoms with Gasteiger partial charge < -0.3 is 5.32 Å². The fourth-order valence-electron chi connectivity index (χ4n) is 2.84. The number of nitrogens with zero attached hydrogens (tertiary/aromatic N) is 2. The molecule has 1 aromatic rings. The number of hydrogen-bond donors (Lipinski definition) is 1. The summed E-state index contributed by atoms with van der Waals surface area (Å²) in [6, 6.07) is 9.06. The summed E-state index contributed by atoms with van der Waals surface area (Å²) in [6.45, 7) is 7.83. The molecule has 1 aromatic carbocycles. The van der Waals surface area contributed by atoms with E-state index in [4.69, 9.17) is 0 Å². The molecular formula is C17H25N3O. The number of hydrogen-bond acceptors (Lipinski definition) is 3. The zero-order valence-electron chi connectivity index (χ0n) is 12.8. The molecule has 114 valence electrons. The van der Waals surface area contributed by atoms with Crippen LogP contribution in [0.3, 0.4) is 0 Å². The Kier molecular flexibility index (Phi) is 4.56. The van der Waals surface area contributed by atoms with Crippen molar-refractivity contribution >= 4 is 5.91 Å². The normalized spacial score (nSPS) is 20.4. The summed E-state index contributed by atoms with van der Waals surface area (Å²) in [4.78, 5) is 16.6. The minimum Gasteiger partial charge on any atom is -0.352 e. The number of benzene rings is 1. The molecule has 0 bridgehead atoms. The molecule has 2 fully saturated rings. The predicted molar refractivity (Wildman–Crippen MR) is 84.1 cm³/mol. The molecule has 1 aliphatic heterocycles. The van der Waals surface area contributed by atoms with Crippen molar-refractivity contribution in [1.29, 1.82) is 0 Å². The number of carbonyl (C=O) groups excluding carboxylic acids is 1. The molecule has 1 amide bonds. The maximum atomic E-state index is 11.8. The number of piperazine rings is 1. The first-order chi connectivity index (χ1) is 10.2. The van der Waals surface area contributed by atoms with Crippen molar-refractivity contribution in [3.05, 3.63) is 35.4 Å². The zero-order chi connectivity index (χ0) is 14.7. The summed E-state index contributed by atoms with van der Waals surface area (Å²) >= 11 is 0. The summed E-state index contributed by atoms with van der Waals surface area (Å²) in [6.07, 6.45) is 2.33. The Morgan fingerprint density at radius 1 is 1.14 bits per heavy atom. The molecule has 1 saturated heterocycles. The van der Waals surface area contributed by atoms with E-state index in [0.29, 0.717) is 12.6 Å². The topological polar surface area (TPSA) is 35.6 Å². The Hall–Kier alpha value is -1.39. The van der Waals surface area contributed by atoms with Crippen molar-refractivity contribution in [2.75, 3.05) is 32.7 Å². The Morgan fingerprint density at radius 2 is 1.81 bits per heavy atom. The van der Waals surface area contributed by atoms with Gasteiger partial charge in [0.15, 0.2) is 0 Å². The third kappa shape index (κ3) is 4.29. The number of aryl methyl sites for hydroxylation is 1. The molecule has 1 N–H and O–H groups in total. The molecule has 0 radical (unpaired) electrons. The molecule has 1 saturated carbocycles. The quantitative estimate of drug-likeness (QED) is 0.889. The predicted octanol–water partition coefficient (Wildman–Crippen LogP) is 1.39. The highest BCUT2D eigenvalue weighted by Crippen LogP contribution is 2.18. The molecule has 0 atom stereocenters. The lowest BCUT2D eigenvalue weighted by Gasteiger charge is -2.34. The zero-order valence-corrected chi connectivity index (χ0v) is 12.8. The second kappa shape index (κ2) is 6.58. The van der Waals surface area contributed by atoms with E-state index < -0.39 is 0 Å². The van der Waals surface area contributed by atoms with Crippen molar-refractivity contribution in [3.63, 3.8) is 0 Å². The first-order valence-electron chi connectivity index (χ1n) is 7.99. The SMILES string of the molecule is Cc1ccccc1CN1CCN(CC(=O)NC2CC2)CC1. The molecule has 1 aliphatic carbocycles. The number of carbonyl (C=O) groups is 1. The van der Waals surface area contributed by atoms with Crippen molar-refractivity contribution in [3.8, 4) is 0 Å². The molecular weight excluding hydrogens is 262 g/mol. The Morgan fingerprint density at radius 3 is 2.48 bits per heavy atom. The van der Waals surface area contributed by atoms with Crippen LogP contribution in [0.5, 0.6) is 0 Å². The smallest absolute Gasteiger partial charge is 0.234 e. The van der Waals surface area contributed by atoms with Crippen LogP contribution in [-0.4, -0.2) is 54.5 Å². The van der Waals surface area contributed by atoms with Gasteiger partial charge in [0.05, 0.1) is 6.54 Å². The summed E-state index contributed by atoms with van der Waals surface area (Å²) in [7, 11) is 0. The van der Waals surface area contributed by atoms with Gasteiger partial charge in [-0.2, -0.15) is 0 Å². The molecule has 0 aromatic heterocycles. The first-order valence-corrected chi connectivity index (χ1v) is 7.99. The van der Waals surface area contributed by atoms with E-state index in [2.05, 4.69) is 46.3 Å². The molecule has 1 heterocycles. The Labute approximate surface area is 127 Å². The fourth-order valence-corrected chi connectivity index (χ4v) is 2.84. The third-order valence-electron chi connectivity index (χ3n) is 4.43. The maximum absolute atomic E-state index is 11.8. The largest absolute Gasteiger partial charge is 0.352 e. The van der Waals surface area contributed by atoms with Gasteiger partial charge in [0.1, 0.15) is 0 Å². The van der Waals surface area contributed by atoms with Crippen molar-refractivity contribution in [1.82, 2.24) is 15.1 Å². The lowest BCUT2D eigenvalue weighted by molar-refractivity contribution is -0.122. The van der Waals surface area contributed by atoms with Gasteiger partial charge in [-0.15, -0.1) is 0 Å². The monoisotopic (exact) mass is 287 g/mol. The minimum absolute atomic E-state index is 0.199. The first kappa shape index (κ1) is 14.5. The Balaban J connectivity index is 1.42. The minimum atomic E-state index is 0.199. The summed E-state index contributed by atoms with van der Waals surface area (Å²) < 4.78 is 0. The lowest BCUT2D eigenvalue weighted by atomic mass is 10.1. The molecule has 0 unspecified atom stereocenters. The van der Waals surface area contributed by atoms with E-state index in [0.717, 1.165) is 45.6 Å². The average Bonchev–Trinajstić information content (AvgIpc) is 3.27. The molecule has 3 rings (SSSR count). The number of nitrogens with one attached hydrogen (secondary N) is 1. The van der Waals surface area contributed by atoms with E-state index in [1.165, 1.54) is 11.1 Å². The van der Waals surface area contributed by atoms with Gasteiger partial charge in [-0.3, -0.25) is 14.6 Å². The van der Waals surface area contributed by atoms with E-state index in [-0.39, 0.29) is 5.91 Å². The summed E-state index contributed by atoms with van der Waals surface area (Å²) in [5.41, 5.74) is 2.78. The van der Waals surface area contributed by atoms with Crippen LogP contribution in [0.15, 0.2) is 24.3 Å². The second-order valence-electron chi connectivity index (χ2n) is 6.32. The second-order valence-corrected chi connectivity index (χ2v) is 6.32. The molecule has 4 heteroatoms. The molecule has 21 heavy (non-hydrogen) atoms. The van der Waals surface area contributed by atoms with Gasteiger partial charge in [0.2, 0.25) is 5.91 Å². The van der Waals surface area contributed by atoms with Gasteiger partial charge in [0.25, 0.3) is 0 Å². The van der Waals surface area contributed by atoms with Gasteiger partial charge in [-0.25, -0.2) is 0 Å². The number of amides is 1. The highest BCUT2D eigenvalue weighted by atomic mass is 16.2. The van der Waals surface area contributed by atoms with Gasteiger partial charge in [0, 0.05) is 38.8 Å². The van der Waals surface area contributed by atoms with Gasteiger partial charge >= 0.3 is 0 Å².